The van der Waals surface area contributed by atoms with Crippen LogP contribution in [0.15, 0.2) is 30.3 Å². The maximum absolute atomic E-state index is 12.1. The molecule has 0 bridgehead atoms. The molecule has 0 aliphatic heterocycles. The van der Waals surface area contributed by atoms with Crippen molar-refractivity contribution in [1.82, 2.24) is 4.90 Å². The Morgan fingerprint density at radius 1 is 0.870 bits per heavy atom. The molecule has 0 unspecified atom stereocenters. The summed E-state index contributed by atoms with van der Waals surface area (Å²) in [6.45, 7) is 0. The number of rotatable bonds is 3. The molecule has 0 spiro atoms. The van der Waals surface area contributed by atoms with Crippen molar-refractivity contribution < 1.29 is 21.9 Å². The van der Waals surface area contributed by atoms with Gasteiger partial charge in [-0.3, -0.25) is 4.79 Å². The van der Waals surface area contributed by atoms with Gasteiger partial charge in [0, 0.05) is 5.69 Å². The van der Waals surface area contributed by atoms with Gasteiger partial charge >= 0.3 is 17.1 Å². The summed E-state index contributed by atoms with van der Waals surface area (Å²) in [6.07, 6.45) is 15.6. The molecule has 0 atom stereocenters. The first-order valence-corrected chi connectivity index (χ1v) is 7.14. The molecule has 3 rings (SSSR count). The molecule has 1 amide bonds. The Morgan fingerprint density at radius 3 is 1.96 bits per heavy atom. The molecule has 10 radical (unpaired) electrons. The van der Waals surface area contributed by atoms with Crippen LogP contribution in [-0.2, 0) is 21.9 Å². The van der Waals surface area contributed by atoms with Crippen molar-refractivity contribution in [3.63, 3.8) is 0 Å². The summed E-state index contributed by atoms with van der Waals surface area (Å²) in [5, 5.41) is 2.87. The van der Waals surface area contributed by atoms with Crippen LogP contribution in [0.2, 0.25) is 0 Å². The van der Waals surface area contributed by atoms with Gasteiger partial charge in [0.05, 0.1) is 12.0 Å². The zero-order valence-electron chi connectivity index (χ0n) is 13.2. The minimum Gasteiger partial charge on any atom is -0.326 e. The smallest absolute Gasteiger partial charge is 0.326 e. The minimum atomic E-state index is -0.0788. The Bertz CT molecular complexity index is 438. The van der Waals surface area contributed by atoms with Gasteiger partial charge in [-0.15, -0.1) is 0 Å². The van der Waals surface area contributed by atoms with Crippen molar-refractivity contribution in [1.29, 1.82) is 0 Å². The van der Waals surface area contributed by atoms with Crippen LogP contribution in [-0.4, -0.2) is 24.9 Å². The number of anilines is 1. The molecule has 1 aromatic carbocycles. The Balaban J connectivity index is 0.000000377. The van der Waals surface area contributed by atoms with Gasteiger partial charge in [-0.2, -0.15) is 0 Å². The standard InChI is InChI=1S/C14H15N2O.C5H5.Fe/c1-16(2)13-10-6-9-12(13)14(17)15-11-7-4-3-5-8-11;1-2-4-5-3-1;/h3-10H,1-2H3,(H,15,17);1-5H;/q;;+2. The third kappa shape index (κ3) is 6.66. The Hall–Kier alpha value is -0.831. The van der Waals surface area contributed by atoms with Crippen LogP contribution < -0.4 is 5.32 Å². The summed E-state index contributed by atoms with van der Waals surface area (Å²) < 4.78 is 0. The molecular formula is C19H20FeN2O+2. The predicted molar refractivity (Wildman–Crippen MR) is 89.6 cm³/mol. The molecule has 1 N–H and O–H groups in total. The van der Waals surface area contributed by atoms with E-state index in [0.717, 1.165) is 11.7 Å². The number of para-hydroxylation sites is 1. The second kappa shape index (κ2) is 10.9. The summed E-state index contributed by atoms with van der Waals surface area (Å²) in [6, 6.07) is 10.4. The van der Waals surface area contributed by atoms with Crippen LogP contribution in [0.5, 0.6) is 0 Å². The fourth-order valence-electron chi connectivity index (χ4n) is 2.03. The van der Waals surface area contributed by atoms with Crippen LogP contribution in [0.25, 0.3) is 0 Å². The van der Waals surface area contributed by atoms with Crippen LogP contribution in [0.4, 0.5) is 5.69 Å². The number of amides is 1. The second-order valence-corrected chi connectivity index (χ2v) is 5.00. The first-order chi connectivity index (χ1) is 10.7. The Kier molecular flexibility index (Phi) is 9.54. The summed E-state index contributed by atoms with van der Waals surface area (Å²) in [5.74, 6) is 0.615. The molecular weight excluding hydrogens is 328 g/mol. The first kappa shape index (κ1) is 20.2. The van der Waals surface area contributed by atoms with E-state index in [1.807, 2.05) is 101 Å². The van der Waals surface area contributed by atoms with E-state index in [4.69, 9.17) is 0 Å². The summed E-state index contributed by atoms with van der Waals surface area (Å²) >= 11 is 0. The normalized spacial score (nSPS) is 18.2. The molecule has 2 saturated carbocycles. The zero-order valence-corrected chi connectivity index (χ0v) is 14.3. The van der Waals surface area contributed by atoms with Crippen molar-refractivity contribution >= 4 is 11.6 Å². The number of nitrogens with zero attached hydrogens (tertiary/aromatic N) is 1. The minimum absolute atomic E-state index is 0. The van der Waals surface area contributed by atoms with E-state index in [1.165, 1.54) is 0 Å². The zero-order chi connectivity index (χ0) is 15.8. The van der Waals surface area contributed by atoms with Crippen molar-refractivity contribution in [3.8, 4) is 0 Å². The van der Waals surface area contributed by atoms with Gasteiger partial charge in [0.2, 0.25) is 5.91 Å². The summed E-state index contributed by atoms with van der Waals surface area (Å²) in [4.78, 5) is 14.0. The Morgan fingerprint density at radius 2 is 1.43 bits per heavy atom. The number of nitrogens with one attached hydrogen (secondary N) is 1. The van der Waals surface area contributed by atoms with Gasteiger partial charge < -0.3 is 10.2 Å². The van der Waals surface area contributed by atoms with E-state index in [0.29, 0.717) is 5.92 Å². The van der Waals surface area contributed by atoms with Gasteiger partial charge in [-0.1, -0.05) is 18.2 Å². The monoisotopic (exact) mass is 348 g/mol. The van der Waals surface area contributed by atoms with E-state index in [-0.39, 0.29) is 23.0 Å². The first-order valence-electron chi connectivity index (χ1n) is 7.14. The maximum atomic E-state index is 12.1. The SMILES string of the molecule is CN(C)[C]1[CH][CH][CH][C]1C(=O)Nc1ccccc1.[CH]1[CH][CH][CH][CH]1.[Fe+2]. The number of carbonyl (C=O) groups excluding carboxylic acids is 1. The molecule has 2 aliphatic carbocycles. The second-order valence-electron chi connectivity index (χ2n) is 5.00. The molecule has 0 aromatic heterocycles. The Labute approximate surface area is 151 Å². The van der Waals surface area contributed by atoms with Gasteiger partial charge in [-0.25, -0.2) is 0 Å². The molecule has 3 nitrogen and oxygen atoms in total. The molecule has 0 saturated heterocycles. The molecule has 118 valence electrons. The van der Waals surface area contributed by atoms with Gasteiger partial charge in [0.1, 0.15) is 0 Å². The van der Waals surface area contributed by atoms with Crippen molar-refractivity contribution in [3.05, 3.63) is 93.7 Å². The largest absolute Gasteiger partial charge is 2.00 e. The van der Waals surface area contributed by atoms with E-state index < -0.39 is 0 Å². The topological polar surface area (TPSA) is 32.3 Å². The third-order valence-electron chi connectivity index (χ3n) is 3.11. The molecule has 2 fully saturated rings. The fraction of sp³-hybridized carbons (Fsp3) is 0.105. The van der Waals surface area contributed by atoms with Crippen molar-refractivity contribution in [2.75, 3.05) is 19.4 Å². The van der Waals surface area contributed by atoms with E-state index in [2.05, 4.69) is 5.32 Å². The number of benzene rings is 1. The van der Waals surface area contributed by atoms with Crippen molar-refractivity contribution in [2.24, 2.45) is 0 Å². The summed E-state index contributed by atoms with van der Waals surface area (Å²) in [5.41, 5.74) is 0.809. The van der Waals surface area contributed by atoms with Gasteiger partial charge in [0.25, 0.3) is 0 Å². The molecule has 0 heterocycles. The van der Waals surface area contributed by atoms with Gasteiger partial charge in [-0.05, 0) is 77.6 Å². The fourth-order valence-corrected chi connectivity index (χ4v) is 2.03. The quantitative estimate of drug-likeness (QED) is 0.852. The number of hydrogen-bond acceptors (Lipinski definition) is 2. The third-order valence-corrected chi connectivity index (χ3v) is 3.11. The van der Waals surface area contributed by atoms with Crippen LogP contribution >= 0.6 is 0 Å². The van der Waals surface area contributed by atoms with Crippen LogP contribution in [0.1, 0.15) is 0 Å². The van der Waals surface area contributed by atoms with Gasteiger partial charge in [0.15, 0.2) is 0 Å². The van der Waals surface area contributed by atoms with E-state index in [9.17, 15) is 4.79 Å². The molecule has 2 aliphatic rings. The maximum Gasteiger partial charge on any atom is 2.00 e. The van der Waals surface area contributed by atoms with Crippen LogP contribution in [0, 0.1) is 63.3 Å². The molecule has 4 heteroatoms. The average Bonchev–Trinajstić information content (AvgIpc) is 3.22. The molecule has 1 aromatic rings. The molecule has 23 heavy (non-hydrogen) atoms. The van der Waals surface area contributed by atoms with Crippen LogP contribution in [0.3, 0.4) is 0 Å². The predicted octanol–water partition coefficient (Wildman–Crippen LogP) is 2.94. The van der Waals surface area contributed by atoms with E-state index in [1.54, 1.807) is 0 Å². The summed E-state index contributed by atoms with van der Waals surface area (Å²) in [7, 11) is 3.85. The average molecular weight is 348 g/mol. The van der Waals surface area contributed by atoms with Crippen molar-refractivity contribution in [2.45, 2.75) is 0 Å². The van der Waals surface area contributed by atoms with E-state index >= 15 is 0 Å². The number of hydrogen-bond donors (Lipinski definition) is 1. The number of carbonyl (C=O) groups is 1.